The van der Waals surface area contributed by atoms with E-state index in [1.165, 1.54) is 6.42 Å². The molecule has 4 rings (SSSR count). The van der Waals surface area contributed by atoms with E-state index in [1.54, 1.807) is 0 Å². The van der Waals surface area contributed by atoms with Crippen molar-refractivity contribution in [2.75, 3.05) is 36.5 Å². The van der Waals surface area contributed by atoms with Crippen LogP contribution in [0.1, 0.15) is 32.1 Å². The van der Waals surface area contributed by atoms with Gasteiger partial charge in [0.15, 0.2) is 5.82 Å². The second kappa shape index (κ2) is 8.48. The zero-order chi connectivity index (χ0) is 18.5. The Morgan fingerprint density at radius 3 is 2.59 bits per heavy atom. The molecule has 1 aliphatic heterocycles. The highest BCUT2D eigenvalue weighted by Crippen LogP contribution is 2.26. The third kappa shape index (κ3) is 4.45. The van der Waals surface area contributed by atoms with Crippen molar-refractivity contribution in [2.45, 2.75) is 32.1 Å². The highest BCUT2D eigenvalue weighted by atomic mass is 16.5. The van der Waals surface area contributed by atoms with Gasteiger partial charge in [-0.3, -0.25) is 4.79 Å². The van der Waals surface area contributed by atoms with Gasteiger partial charge in [0, 0.05) is 30.3 Å². The molecule has 142 valence electrons. The van der Waals surface area contributed by atoms with Crippen LogP contribution in [0.25, 0.3) is 11.3 Å². The van der Waals surface area contributed by atoms with E-state index in [1.807, 2.05) is 36.4 Å². The summed E-state index contributed by atoms with van der Waals surface area (Å²) in [6, 6.07) is 11.8. The third-order valence-corrected chi connectivity index (χ3v) is 5.39. The van der Waals surface area contributed by atoms with Crippen molar-refractivity contribution in [3.8, 4) is 11.3 Å². The molecular formula is C21H26N4O2. The molecule has 2 fully saturated rings. The molecule has 2 aliphatic rings. The second-order valence-corrected chi connectivity index (χ2v) is 7.28. The Morgan fingerprint density at radius 2 is 1.85 bits per heavy atom. The molecule has 27 heavy (non-hydrogen) atoms. The van der Waals surface area contributed by atoms with Gasteiger partial charge in [0.05, 0.1) is 18.9 Å². The van der Waals surface area contributed by atoms with E-state index in [4.69, 9.17) is 4.74 Å². The quantitative estimate of drug-likeness (QED) is 0.897. The Labute approximate surface area is 159 Å². The van der Waals surface area contributed by atoms with Crippen molar-refractivity contribution in [2.24, 2.45) is 5.92 Å². The van der Waals surface area contributed by atoms with Crippen molar-refractivity contribution in [3.63, 3.8) is 0 Å². The molecule has 0 unspecified atom stereocenters. The molecule has 1 amide bonds. The Hall–Kier alpha value is -2.47. The third-order valence-electron chi connectivity index (χ3n) is 5.39. The molecule has 0 radical (unpaired) electrons. The Morgan fingerprint density at radius 1 is 1.04 bits per heavy atom. The van der Waals surface area contributed by atoms with E-state index in [0.717, 1.165) is 74.7 Å². The number of nitrogens with zero attached hydrogens (tertiary/aromatic N) is 3. The number of hydrogen-bond donors (Lipinski definition) is 1. The number of amides is 1. The predicted octanol–water partition coefficient (Wildman–Crippen LogP) is 3.50. The van der Waals surface area contributed by atoms with E-state index >= 15 is 0 Å². The first-order chi connectivity index (χ1) is 13.3. The number of ether oxygens (including phenoxy) is 1. The summed E-state index contributed by atoms with van der Waals surface area (Å²) < 4.78 is 5.38. The number of carbonyl (C=O) groups excluding carboxylic acids is 1. The molecule has 1 saturated heterocycles. The molecule has 2 heterocycles. The molecule has 1 aliphatic carbocycles. The minimum atomic E-state index is 0.139. The lowest BCUT2D eigenvalue weighted by atomic mass is 9.88. The van der Waals surface area contributed by atoms with Crippen molar-refractivity contribution < 1.29 is 9.53 Å². The number of aromatic nitrogens is 2. The van der Waals surface area contributed by atoms with Crippen LogP contribution in [0.4, 0.5) is 11.5 Å². The summed E-state index contributed by atoms with van der Waals surface area (Å²) in [4.78, 5) is 14.7. The minimum Gasteiger partial charge on any atom is -0.378 e. The zero-order valence-electron chi connectivity index (χ0n) is 15.6. The molecule has 1 aromatic heterocycles. The van der Waals surface area contributed by atoms with Crippen molar-refractivity contribution in [1.82, 2.24) is 10.2 Å². The number of hydrogen-bond acceptors (Lipinski definition) is 5. The summed E-state index contributed by atoms with van der Waals surface area (Å²) in [6.45, 7) is 3.14. The highest BCUT2D eigenvalue weighted by Gasteiger charge is 2.21. The minimum absolute atomic E-state index is 0.139. The second-order valence-electron chi connectivity index (χ2n) is 7.28. The highest BCUT2D eigenvalue weighted by molar-refractivity contribution is 5.93. The lowest BCUT2D eigenvalue weighted by Crippen LogP contribution is -2.36. The SMILES string of the molecule is O=C(Nc1cccc(-c2ccc(N3CCOCC3)nn2)c1)C1CCCCC1. The molecule has 1 N–H and O–H groups in total. The van der Waals surface area contributed by atoms with Gasteiger partial charge < -0.3 is 15.0 Å². The standard InChI is InChI=1S/C21H26N4O2/c26-21(16-5-2-1-3-6-16)22-18-8-4-7-17(15-18)19-9-10-20(24-23-19)25-11-13-27-14-12-25/h4,7-10,15-16H,1-3,5-6,11-14H2,(H,22,26). The van der Waals surface area contributed by atoms with Gasteiger partial charge in [-0.15, -0.1) is 10.2 Å². The number of benzene rings is 1. The molecule has 0 bridgehead atoms. The van der Waals surface area contributed by atoms with Crippen LogP contribution in [0.5, 0.6) is 0 Å². The fraction of sp³-hybridized carbons (Fsp3) is 0.476. The van der Waals surface area contributed by atoms with Crippen LogP contribution >= 0.6 is 0 Å². The lowest BCUT2D eigenvalue weighted by molar-refractivity contribution is -0.120. The maximum atomic E-state index is 12.5. The summed E-state index contributed by atoms with van der Waals surface area (Å²) in [5, 5.41) is 11.8. The molecule has 6 heteroatoms. The normalized spacial score (nSPS) is 18.3. The molecule has 1 saturated carbocycles. The van der Waals surface area contributed by atoms with Gasteiger partial charge in [0.1, 0.15) is 0 Å². The van der Waals surface area contributed by atoms with E-state index < -0.39 is 0 Å². The average Bonchev–Trinajstić information content (AvgIpc) is 2.75. The molecule has 0 atom stereocenters. The number of rotatable bonds is 4. The first-order valence-corrected chi connectivity index (χ1v) is 9.87. The first-order valence-electron chi connectivity index (χ1n) is 9.87. The molecule has 2 aromatic rings. The van der Waals surface area contributed by atoms with E-state index in [9.17, 15) is 4.79 Å². The first kappa shape index (κ1) is 17.9. The smallest absolute Gasteiger partial charge is 0.227 e. The van der Waals surface area contributed by atoms with Crippen LogP contribution < -0.4 is 10.2 Å². The van der Waals surface area contributed by atoms with Crippen LogP contribution in [0, 0.1) is 5.92 Å². The number of anilines is 2. The van der Waals surface area contributed by atoms with Gasteiger partial charge in [0.2, 0.25) is 5.91 Å². The van der Waals surface area contributed by atoms with E-state index in [2.05, 4.69) is 20.4 Å². The van der Waals surface area contributed by atoms with Crippen molar-refractivity contribution in [3.05, 3.63) is 36.4 Å². The van der Waals surface area contributed by atoms with Crippen LogP contribution in [-0.4, -0.2) is 42.4 Å². The number of carbonyl (C=O) groups is 1. The predicted molar refractivity (Wildman–Crippen MR) is 106 cm³/mol. The van der Waals surface area contributed by atoms with Crippen LogP contribution in [-0.2, 0) is 9.53 Å². The van der Waals surface area contributed by atoms with Gasteiger partial charge in [0.25, 0.3) is 0 Å². The molecule has 0 spiro atoms. The molecule has 6 nitrogen and oxygen atoms in total. The van der Waals surface area contributed by atoms with Gasteiger partial charge >= 0.3 is 0 Å². The van der Waals surface area contributed by atoms with Crippen LogP contribution in [0.2, 0.25) is 0 Å². The van der Waals surface area contributed by atoms with E-state index in [0.29, 0.717) is 0 Å². The van der Waals surface area contributed by atoms with Crippen LogP contribution in [0.3, 0.4) is 0 Å². The number of nitrogens with one attached hydrogen (secondary N) is 1. The van der Waals surface area contributed by atoms with Crippen LogP contribution in [0.15, 0.2) is 36.4 Å². The Kier molecular flexibility index (Phi) is 5.63. The summed E-state index contributed by atoms with van der Waals surface area (Å²) in [5.74, 6) is 1.17. The van der Waals surface area contributed by atoms with Gasteiger partial charge in [-0.2, -0.15) is 0 Å². The van der Waals surface area contributed by atoms with Gasteiger partial charge in [-0.25, -0.2) is 0 Å². The molecular weight excluding hydrogens is 340 g/mol. The monoisotopic (exact) mass is 366 g/mol. The summed E-state index contributed by atoms with van der Waals surface area (Å²) in [6.07, 6.45) is 5.56. The average molecular weight is 366 g/mol. The fourth-order valence-electron chi connectivity index (χ4n) is 3.81. The maximum absolute atomic E-state index is 12.5. The van der Waals surface area contributed by atoms with Gasteiger partial charge in [-0.1, -0.05) is 31.4 Å². The number of morpholine rings is 1. The summed E-state index contributed by atoms with van der Waals surface area (Å²) in [7, 11) is 0. The van der Waals surface area contributed by atoms with E-state index in [-0.39, 0.29) is 11.8 Å². The largest absolute Gasteiger partial charge is 0.378 e. The topological polar surface area (TPSA) is 67.4 Å². The molecule has 1 aromatic carbocycles. The zero-order valence-corrected chi connectivity index (χ0v) is 15.6. The Bertz CT molecular complexity index is 766. The van der Waals surface area contributed by atoms with Crippen molar-refractivity contribution in [1.29, 1.82) is 0 Å². The lowest BCUT2D eigenvalue weighted by Gasteiger charge is -2.27. The van der Waals surface area contributed by atoms with Crippen molar-refractivity contribution >= 4 is 17.4 Å². The summed E-state index contributed by atoms with van der Waals surface area (Å²) >= 11 is 0. The Balaban J connectivity index is 1.44. The van der Waals surface area contributed by atoms with Gasteiger partial charge in [-0.05, 0) is 37.1 Å². The fourth-order valence-corrected chi connectivity index (χ4v) is 3.81. The summed E-state index contributed by atoms with van der Waals surface area (Å²) in [5.41, 5.74) is 2.58. The maximum Gasteiger partial charge on any atom is 0.227 e.